The first kappa shape index (κ1) is 11.6. The lowest BCUT2D eigenvalue weighted by Crippen LogP contribution is -1.98. The molecule has 0 amide bonds. The third-order valence-electron chi connectivity index (χ3n) is 3.02. The summed E-state index contributed by atoms with van der Waals surface area (Å²) in [5.41, 5.74) is 8.48. The van der Waals surface area contributed by atoms with Crippen molar-refractivity contribution in [3.8, 4) is 17.4 Å². The van der Waals surface area contributed by atoms with Gasteiger partial charge in [0.1, 0.15) is 5.52 Å². The summed E-state index contributed by atoms with van der Waals surface area (Å²) in [6.45, 7) is 0. The Labute approximate surface area is 119 Å². The number of tetrazole rings is 1. The Morgan fingerprint density at radius 1 is 1.05 bits per heavy atom. The minimum atomic E-state index is 0.255. The van der Waals surface area contributed by atoms with E-state index in [1.165, 1.54) is 4.80 Å². The van der Waals surface area contributed by atoms with Gasteiger partial charge in [0.2, 0.25) is 5.82 Å². The smallest absolute Gasteiger partial charge is 0.343 e. The molecular weight excluding hydrogens is 268 g/mol. The van der Waals surface area contributed by atoms with E-state index in [1.54, 1.807) is 18.2 Å². The van der Waals surface area contributed by atoms with Crippen molar-refractivity contribution in [2.75, 3.05) is 5.73 Å². The first-order chi connectivity index (χ1) is 10.3. The highest BCUT2D eigenvalue weighted by atomic mass is 16.4. The zero-order valence-corrected chi connectivity index (χ0v) is 10.8. The van der Waals surface area contributed by atoms with Gasteiger partial charge in [-0.15, -0.1) is 10.2 Å². The Morgan fingerprint density at radius 3 is 2.76 bits per heavy atom. The van der Waals surface area contributed by atoms with Gasteiger partial charge in [-0.25, -0.2) is 0 Å². The maximum absolute atomic E-state index is 5.71. The van der Waals surface area contributed by atoms with Crippen LogP contribution in [-0.2, 0) is 0 Å². The second kappa shape index (κ2) is 4.41. The molecule has 7 heteroatoms. The summed E-state index contributed by atoms with van der Waals surface area (Å²) < 4.78 is 5.59. The number of anilines is 1. The summed E-state index contributed by atoms with van der Waals surface area (Å²) in [5, 5.41) is 12.3. The molecule has 0 atom stereocenters. The molecule has 2 aromatic heterocycles. The number of hydrogen-bond donors (Lipinski definition) is 1. The molecule has 0 spiro atoms. The van der Waals surface area contributed by atoms with Crippen molar-refractivity contribution >= 4 is 16.8 Å². The van der Waals surface area contributed by atoms with Crippen LogP contribution in [0.5, 0.6) is 0 Å². The summed E-state index contributed by atoms with van der Waals surface area (Å²) in [4.78, 5) is 5.57. The molecule has 0 saturated carbocycles. The van der Waals surface area contributed by atoms with E-state index in [4.69, 9.17) is 10.2 Å². The number of rotatable bonds is 2. The SMILES string of the molecule is Nc1ccc2nc(-n3nnc(-c4ccccc4)n3)oc2c1. The average molecular weight is 278 g/mol. The van der Waals surface area contributed by atoms with Gasteiger partial charge in [0.05, 0.1) is 0 Å². The summed E-state index contributed by atoms with van der Waals surface area (Å²) in [6.07, 6.45) is 0. The first-order valence-electron chi connectivity index (χ1n) is 6.31. The Morgan fingerprint density at radius 2 is 1.90 bits per heavy atom. The van der Waals surface area contributed by atoms with E-state index in [0.717, 1.165) is 5.56 Å². The molecule has 7 nitrogen and oxygen atoms in total. The average Bonchev–Trinajstić information content (AvgIpc) is 3.14. The molecule has 0 aliphatic heterocycles. The summed E-state index contributed by atoms with van der Waals surface area (Å²) in [6, 6.07) is 15.1. The number of aromatic nitrogens is 5. The van der Waals surface area contributed by atoms with Crippen LogP contribution in [0.3, 0.4) is 0 Å². The Balaban J connectivity index is 1.77. The van der Waals surface area contributed by atoms with Gasteiger partial charge in [-0.2, -0.15) is 4.98 Å². The van der Waals surface area contributed by atoms with Gasteiger partial charge in [-0.05, 0) is 17.3 Å². The van der Waals surface area contributed by atoms with E-state index in [2.05, 4.69) is 20.4 Å². The molecule has 0 bridgehead atoms. The molecule has 4 rings (SSSR count). The normalized spacial score (nSPS) is 11.0. The fourth-order valence-corrected chi connectivity index (χ4v) is 2.01. The van der Waals surface area contributed by atoms with Crippen molar-refractivity contribution in [3.05, 3.63) is 48.5 Å². The van der Waals surface area contributed by atoms with Gasteiger partial charge in [-0.1, -0.05) is 35.1 Å². The van der Waals surface area contributed by atoms with Gasteiger partial charge in [0, 0.05) is 17.3 Å². The third kappa shape index (κ3) is 2.00. The van der Waals surface area contributed by atoms with Crippen LogP contribution in [-0.4, -0.2) is 25.2 Å². The number of fused-ring (bicyclic) bond motifs is 1. The second-order valence-corrected chi connectivity index (χ2v) is 4.49. The minimum Gasteiger partial charge on any atom is -0.421 e. The number of nitrogen functional groups attached to an aromatic ring is 1. The molecule has 0 radical (unpaired) electrons. The highest BCUT2D eigenvalue weighted by Gasteiger charge is 2.12. The van der Waals surface area contributed by atoms with Crippen LogP contribution in [0.1, 0.15) is 0 Å². The van der Waals surface area contributed by atoms with Crippen LogP contribution in [0.25, 0.3) is 28.5 Å². The molecule has 2 heterocycles. The molecule has 0 aliphatic carbocycles. The lowest BCUT2D eigenvalue weighted by Gasteiger charge is -1.91. The monoisotopic (exact) mass is 278 g/mol. The van der Waals surface area contributed by atoms with E-state index < -0.39 is 0 Å². The van der Waals surface area contributed by atoms with E-state index in [1.807, 2.05) is 30.3 Å². The second-order valence-electron chi connectivity index (χ2n) is 4.49. The number of nitrogens with two attached hydrogens (primary N) is 1. The molecule has 0 saturated heterocycles. The van der Waals surface area contributed by atoms with Gasteiger partial charge in [0.15, 0.2) is 5.58 Å². The van der Waals surface area contributed by atoms with Crippen molar-refractivity contribution in [1.82, 2.24) is 25.2 Å². The molecule has 21 heavy (non-hydrogen) atoms. The minimum absolute atomic E-state index is 0.255. The van der Waals surface area contributed by atoms with Gasteiger partial charge >= 0.3 is 6.01 Å². The number of benzene rings is 2. The maximum Gasteiger partial charge on any atom is 0.343 e. The zero-order chi connectivity index (χ0) is 14.2. The molecule has 0 fully saturated rings. The van der Waals surface area contributed by atoms with Crippen LogP contribution in [0, 0.1) is 0 Å². The quantitative estimate of drug-likeness (QED) is 0.564. The van der Waals surface area contributed by atoms with Crippen LogP contribution in [0.4, 0.5) is 5.69 Å². The van der Waals surface area contributed by atoms with Gasteiger partial charge in [0.25, 0.3) is 0 Å². The maximum atomic E-state index is 5.71. The van der Waals surface area contributed by atoms with Crippen molar-refractivity contribution in [3.63, 3.8) is 0 Å². The predicted octanol–water partition coefficient (Wildman–Crippen LogP) is 2.05. The molecule has 0 unspecified atom stereocenters. The van der Waals surface area contributed by atoms with E-state index >= 15 is 0 Å². The van der Waals surface area contributed by atoms with Gasteiger partial charge in [-0.3, -0.25) is 0 Å². The Bertz CT molecular complexity index is 912. The Hall–Kier alpha value is -3.22. The van der Waals surface area contributed by atoms with Crippen LogP contribution in [0.2, 0.25) is 0 Å². The largest absolute Gasteiger partial charge is 0.421 e. The molecule has 2 N–H and O–H groups in total. The van der Waals surface area contributed by atoms with Crippen LogP contribution in [0.15, 0.2) is 52.9 Å². The Kier molecular flexibility index (Phi) is 2.43. The number of oxazole rings is 1. The molecular formula is C14H10N6O. The van der Waals surface area contributed by atoms with E-state index in [9.17, 15) is 0 Å². The topological polar surface area (TPSA) is 95.7 Å². The number of nitrogens with zero attached hydrogens (tertiary/aromatic N) is 5. The fraction of sp³-hybridized carbons (Fsp3) is 0. The highest BCUT2D eigenvalue weighted by Crippen LogP contribution is 2.20. The fourth-order valence-electron chi connectivity index (χ4n) is 2.01. The molecule has 2 aromatic carbocycles. The van der Waals surface area contributed by atoms with Crippen molar-refractivity contribution in [1.29, 1.82) is 0 Å². The van der Waals surface area contributed by atoms with Crippen LogP contribution < -0.4 is 5.73 Å². The van der Waals surface area contributed by atoms with E-state index in [0.29, 0.717) is 22.6 Å². The lowest BCUT2D eigenvalue weighted by molar-refractivity contribution is 0.508. The summed E-state index contributed by atoms with van der Waals surface area (Å²) in [7, 11) is 0. The first-order valence-corrected chi connectivity index (χ1v) is 6.31. The van der Waals surface area contributed by atoms with Crippen molar-refractivity contribution < 1.29 is 4.42 Å². The zero-order valence-electron chi connectivity index (χ0n) is 10.8. The third-order valence-corrected chi connectivity index (χ3v) is 3.02. The summed E-state index contributed by atoms with van der Waals surface area (Å²) in [5.74, 6) is 0.511. The number of hydrogen-bond acceptors (Lipinski definition) is 6. The molecule has 102 valence electrons. The van der Waals surface area contributed by atoms with E-state index in [-0.39, 0.29) is 6.01 Å². The lowest BCUT2D eigenvalue weighted by atomic mass is 10.2. The van der Waals surface area contributed by atoms with Gasteiger partial charge < -0.3 is 10.2 Å². The summed E-state index contributed by atoms with van der Waals surface area (Å²) >= 11 is 0. The standard InChI is InChI=1S/C14H10N6O/c15-10-6-7-11-12(8-10)21-14(16-11)20-18-13(17-19-20)9-4-2-1-3-5-9/h1-8H,15H2. The highest BCUT2D eigenvalue weighted by molar-refractivity contribution is 5.77. The molecule has 0 aliphatic rings. The van der Waals surface area contributed by atoms with Crippen molar-refractivity contribution in [2.24, 2.45) is 0 Å². The predicted molar refractivity (Wildman–Crippen MR) is 76.6 cm³/mol. The van der Waals surface area contributed by atoms with Crippen molar-refractivity contribution in [2.45, 2.75) is 0 Å². The molecule has 4 aromatic rings. The van der Waals surface area contributed by atoms with Crippen LogP contribution >= 0.6 is 0 Å².